The van der Waals surface area contributed by atoms with Crippen LogP contribution in [-0.4, -0.2) is 41.9 Å². The van der Waals surface area contributed by atoms with Crippen LogP contribution >= 0.6 is 0 Å². The van der Waals surface area contributed by atoms with E-state index in [1.54, 1.807) is 40.1 Å². The summed E-state index contributed by atoms with van der Waals surface area (Å²) < 4.78 is 5.55. The number of benzene rings is 1. The quantitative estimate of drug-likeness (QED) is 0.502. The van der Waals surface area contributed by atoms with Gasteiger partial charge in [-0.25, -0.2) is 0 Å². The lowest BCUT2D eigenvalue weighted by Gasteiger charge is -2.18. The van der Waals surface area contributed by atoms with Gasteiger partial charge in [0.15, 0.2) is 6.10 Å². The highest BCUT2D eigenvalue weighted by atomic mass is 16.5. The first-order valence-electron chi connectivity index (χ1n) is 6.08. The van der Waals surface area contributed by atoms with Crippen molar-refractivity contribution < 1.29 is 14.7 Å². The minimum Gasteiger partial charge on any atom is -0.481 e. The summed E-state index contributed by atoms with van der Waals surface area (Å²) in [6.07, 6.45) is 0.0739. The lowest BCUT2D eigenvalue weighted by atomic mass is 10.1. The Hall–Kier alpha value is -2.04. The van der Waals surface area contributed by atoms with Gasteiger partial charge in [-0.3, -0.25) is 4.79 Å². The summed E-state index contributed by atoms with van der Waals surface area (Å²) in [4.78, 5) is 13.2. The molecule has 5 nitrogen and oxygen atoms in total. The molecule has 1 rings (SSSR count). The third-order valence-electron chi connectivity index (χ3n) is 2.66. The highest BCUT2D eigenvalue weighted by Crippen LogP contribution is 2.15. The molecule has 0 bridgehead atoms. The number of likely N-dealkylation sites (N-methyl/N-ethyl adjacent to an activating group) is 1. The van der Waals surface area contributed by atoms with Gasteiger partial charge in [0.05, 0.1) is 5.71 Å². The average molecular weight is 264 g/mol. The minimum atomic E-state index is -0.512. The van der Waals surface area contributed by atoms with Gasteiger partial charge in [0.2, 0.25) is 0 Å². The molecule has 0 aliphatic rings. The van der Waals surface area contributed by atoms with Crippen LogP contribution in [0, 0.1) is 0 Å². The van der Waals surface area contributed by atoms with Crippen LogP contribution in [0.4, 0.5) is 0 Å². The van der Waals surface area contributed by atoms with Gasteiger partial charge in [0, 0.05) is 20.5 Å². The van der Waals surface area contributed by atoms with E-state index in [0.717, 1.165) is 5.56 Å². The van der Waals surface area contributed by atoms with E-state index in [0.29, 0.717) is 17.9 Å². The number of rotatable bonds is 5. The average Bonchev–Trinajstić information content (AvgIpc) is 2.39. The molecule has 1 atom stereocenters. The normalized spacial score (nSPS) is 12.9. The largest absolute Gasteiger partial charge is 0.481 e. The van der Waals surface area contributed by atoms with E-state index >= 15 is 0 Å². The van der Waals surface area contributed by atoms with E-state index in [2.05, 4.69) is 5.16 Å². The van der Waals surface area contributed by atoms with Gasteiger partial charge in [0.25, 0.3) is 5.91 Å². The first-order valence-corrected chi connectivity index (χ1v) is 6.08. The van der Waals surface area contributed by atoms with Crippen LogP contribution in [0.15, 0.2) is 29.4 Å². The number of amides is 1. The second-order valence-electron chi connectivity index (χ2n) is 4.65. The summed E-state index contributed by atoms with van der Waals surface area (Å²) in [6, 6.07) is 7.38. The Bertz CT molecular complexity index is 452. The topological polar surface area (TPSA) is 62.1 Å². The van der Waals surface area contributed by atoms with Crippen LogP contribution < -0.4 is 4.74 Å². The zero-order valence-electron chi connectivity index (χ0n) is 11.8. The Labute approximate surface area is 113 Å². The number of carbonyl (C=O) groups excluding carboxylic acids is 1. The Kier molecular flexibility index (Phi) is 5.36. The maximum atomic E-state index is 11.7. The number of carbonyl (C=O) groups is 1. The molecule has 0 spiro atoms. The number of nitrogens with zero attached hydrogens (tertiary/aromatic N) is 2. The van der Waals surface area contributed by atoms with Gasteiger partial charge in [-0.2, -0.15) is 0 Å². The Morgan fingerprint density at radius 1 is 1.37 bits per heavy atom. The third-order valence-corrected chi connectivity index (χ3v) is 2.66. The second-order valence-corrected chi connectivity index (χ2v) is 4.65. The van der Waals surface area contributed by atoms with Gasteiger partial charge < -0.3 is 14.8 Å². The lowest BCUT2D eigenvalue weighted by molar-refractivity contribution is -0.135. The van der Waals surface area contributed by atoms with E-state index in [9.17, 15) is 4.79 Å². The van der Waals surface area contributed by atoms with Gasteiger partial charge in [-0.15, -0.1) is 0 Å². The number of oxime groups is 1. The van der Waals surface area contributed by atoms with E-state index in [1.165, 1.54) is 4.90 Å². The second kappa shape index (κ2) is 6.78. The van der Waals surface area contributed by atoms with Gasteiger partial charge in [0.1, 0.15) is 5.75 Å². The smallest absolute Gasteiger partial charge is 0.262 e. The van der Waals surface area contributed by atoms with Crippen molar-refractivity contribution in [3.05, 3.63) is 29.8 Å². The van der Waals surface area contributed by atoms with E-state index < -0.39 is 6.10 Å². The zero-order valence-corrected chi connectivity index (χ0v) is 11.8. The van der Waals surface area contributed by atoms with Crippen molar-refractivity contribution in [3.63, 3.8) is 0 Å². The lowest BCUT2D eigenvalue weighted by Crippen LogP contribution is -2.35. The molecular weight excluding hydrogens is 244 g/mol. The van der Waals surface area contributed by atoms with E-state index in [4.69, 9.17) is 9.94 Å². The fourth-order valence-electron chi connectivity index (χ4n) is 1.63. The van der Waals surface area contributed by atoms with Crippen molar-refractivity contribution in [1.82, 2.24) is 4.90 Å². The Morgan fingerprint density at radius 3 is 2.42 bits per heavy atom. The third kappa shape index (κ3) is 4.62. The SMILES string of the molecule is C/C(Cc1ccc(OC(C)C(=O)N(C)C)cc1)=N\O. The van der Waals surface area contributed by atoms with Crippen molar-refractivity contribution in [2.75, 3.05) is 14.1 Å². The van der Waals surface area contributed by atoms with Crippen LogP contribution in [0.2, 0.25) is 0 Å². The summed E-state index contributed by atoms with van der Waals surface area (Å²) in [5, 5.41) is 11.7. The molecule has 1 amide bonds. The summed E-state index contributed by atoms with van der Waals surface area (Å²) >= 11 is 0. The molecule has 0 fully saturated rings. The number of ether oxygens (including phenoxy) is 1. The van der Waals surface area contributed by atoms with Gasteiger partial charge >= 0.3 is 0 Å². The zero-order chi connectivity index (χ0) is 14.4. The standard InChI is InChI=1S/C14H20N2O3/c1-10(15-18)9-12-5-7-13(8-6-12)19-11(2)14(17)16(3)4/h5-8,11,18H,9H2,1-4H3/b15-10+. The summed E-state index contributed by atoms with van der Waals surface area (Å²) in [7, 11) is 3.39. The summed E-state index contributed by atoms with van der Waals surface area (Å²) in [5.41, 5.74) is 1.67. The number of hydrogen-bond donors (Lipinski definition) is 1. The molecule has 1 unspecified atom stereocenters. The summed E-state index contributed by atoms with van der Waals surface area (Å²) in [6.45, 7) is 3.47. The van der Waals surface area contributed by atoms with Crippen LogP contribution in [-0.2, 0) is 11.2 Å². The van der Waals surface area contributed by atoms with Crippen molar-refractivity contribution >= 4 is 11.6 Å². The first kappa shape index (κ1) is 15.0. The van der Waals surface area contributed by atoms with E-state index in [1.807, 2.05) is 12.1 Å². The molecule has 0 saturated heterocycles. The van der Waals surface area contributed by atoms with E-state index in [-0.39, 0.29) is 5.91 Å². The first-order chi connectivity index (χ1) is 8.93. The van der Waals surface area contributed by atoms with Crippen LogP contribution in [0.25, 0.3) is 0 Å². The van der Waals surface area contributed by atoms with Crippen LogP contribution in [0.5, 0.6) is 5.75 Å². The predicted molar refractivity (Wildman–Crippen MR) is 73.8 cm³/mol. The molecule has 0 aromatic heterocycles. The number of hydrogen-bond acceptors (Lipinski definition) is 4. The predicted octanol–water partition coefficient (Wildman–Crippen LogP) is 1.93. The molecule has 0 radical (unpaired) electrons. The molecule has 0 heterocycles. The summed E-state index contributed by atoms with van der Waals surface area (Å²) in [5.74, 6) is 0.567. The molecule has 19 heavy (non-hydrogen) atoms. The molecule has 0 aliphatic carbocycles. The van der Waals surface area contributed by atoms with Crippen molar-refractivity contribution in [2.45, 2.75) is 26.4 Å². The molecule has 104 valence electrons. The molecular formula is C14H20N2O3. The fraction of sp³-hybridized carbons (Fsp3) is 0.429. The van der Waals surface area contributed by atoms with Crippen molar-refractivity contribution in [1.29, 1.82) is 0 Å². The van der Waals surface area contributed by atoms with Crippen molar-refractivity contribution in [2.24, 2.45) is 5.16 Å². The molecule has 0 saturated carbocycles. The maximum Gasteiger partial charge on any atom is 0.262 e. The van der Waals surface area contributed by atoms with Crippen LogP contribution in [0.3, 0.4) is 0 Å². The van der Waals surface area contributed by atoms with Crippen LogP contribution in [0.1, 0.15) is 19.4 Å². The minimum absolute atomic E-state index is 0.0765. The molecule has 1 N–H and O–H groups in total. The fourth-order valence-corrected chi connectivity index (χ4v) is 1.63. The Balaban J connectivity index is 2.64. The van der Waals surface area contributed by atoms with Crippen molar-refractivity contribution in [3.8, 4) is 5.75 Å². The molecule has 5 heteroatoms. The molecule has 1 aromatic rings. The van der Waals surface area contributed by atoms with Gasteiger partial charge in [-0.05, 0) is 31.5 Å². The highest BCUT2D eigenvalue weighted by molar-refractivity contribution is 5.83. The molecule has 1 aromatic carbocycles. The monoisotopic (exact) mass is 264 g/mol. The maximum absolute atomic E-state index is 11.7. The highest BCUT2D eigenvalue weighted by Gasteiger charge is 2.16. The van der Waals surface area contributed by atoms with Gasteiger partial charge in [-0.1, -0.05) is 17.3 Å². The Morgan fingerprint density at radius 2 is 1.95 bits per heavy atom. The molecule has 0 aliphatic heterocycles.